The minimum Gasteiger partial charge on any atom is -0.790 e. The summed E-state index contributed by atoms with van der Waals surface area (Å²) in [5.74, 6) is -0.327. The first kappa shape index (κ1) is 17.0. The predicted molar refractivity (Wildman–Crippen MR) is 82.1 cm³/mol. The van der Waals surface area contributed by atoms with Crippen molar-refractivity contribution < 1.29 is 14.6 Å². The molecule has 1 amide bonds. The summed E-state index contributed by atoms with van der Waals surface area (Å²) in [4.78, 5) is 14.7. The van der Waals surface area contributed by atoms with Crippen LogP contribution in [0.2, 0.25) is 25.7 Å². The van der Waals surface area contributed by atoms with Gasteiger partial charge in [0, 0.05) is 14.7 Å². The number of amides is 1. The Morgan fingerprint density at radius 2 is 2.29 bits per heavy atom. The van der Waals surface area contributed by atoms with Crippen LogP contribution in [0.3, 0.4) is 0 Å². The molecule has 0 aromatic carbocycles. The average Bonchev–Trinajstić information content (AvgIpc) is 2.75. The highest BCUT2D eigenvalue weighted by Gasteiger charge is 2.16. The van der Waals surface area contributed by atoms with Crippen molar-refractivity contribution in [2.45, 2.75) is 32.4 Å². The number of nitrogens with zero attached hydrogens (tertiary/aromatic N) is 3. The fourth-order valence-electron chi connectivity index (χ4n) is 1.48. The van der Waals surface area contributed by atoms with Gasteiger partial charge in [0.05, 0.1) is 6.33 Å². The van der Waals surface area contributed by atoms with E-state index in [-0.39, 0.29) is 24.1 Å². The normalized spacial score (nSPS) is 12.4. The number of carboxylic acid groups (broad SMARTS) is 1. The van der Waals surface area contributed by atoms with Gasteiger partial charge in [0.1, 0.15) is 24.1 Å². The van der Waals surface area contributed by atoms with Gasteiger partial charge in [-0.05, 0) is 6.04 Å². The van der Waals surface area contributed by atoms with Gasteiger partial charge in [0.2, 0.25) is 0 Å². The zero-order chi connectivity index (χ0) is 16.0. The first-order valence-corrected chi connectivity index (χ1v) is 10.0. The van der Waals surface area contributed by atoms with Crippen molar-refractivity contribution in [3.8, 4) is 0 Å². The summed E-state index contributed by atoms with van der Waals surface area (Å²) >= 11 is 0. The smallest absolute Gasteiger partial charge is 0.410 e. The van der Waals surface area contributed by atoms with Gasteiger partial charge in [0.15, 0.2) is 0 Å². The van der Waals surface area contributed by atoms with Gasteiger partial charge in [-0.1, -0.05) is 19.6 Å². The van der Waals surface area contributed by atoms with Crippen LogP contribution in [-0.2, 0) is 11.5 Å². The van der Waals surface area contributed by atoms with E-state index in [9.17, 15) is 10.0 Å². The summed E-state index contributed by atoms with van der Waals surface area (Å²) in [6, 6.07) is 0.987. The summed E-state index contributed by atoms with van der Waals surface area (Å²) in [6.45, 7) is 7.37. The molecule has 0 aliphatic carbocycles. The molecule has 0 saturated carbocycles. The largest absolute Gasteiger partial charge is 0.790 e. The van der Waals surface area contributed by atoms with E-state index in [1.165, 1.54) is 10.9 Å². The molecule has 0 spiro atoms. The molecule has 0 aliphatic heterocycles. The predicted octanol–water partition coefficient (Wildman–Crippen LogP) is 1.49. The summed E-state index contributed by atoms with van der Waals surface area (Å²) in [5.41, 5.74) is 5.38. The number of carbonyl (C=O) groups is 1. The fourth-order valence-corrected chi connectivity index (χ4v) is 2.24. The Kier molecular flexibility index (Phi) is 5.73. The third-order valence-electron chi connectivity index (χ3n) is 2.63. The van der Waals surface area contributed by atoms with Gasteiger partial charge in [0.25, 0.3) is 0 Å². The van der Waals surface area contributed by atoms with E-state index in [0.29, 0.717) is 6.61 Å². The van der Waals surface area contributed by atoms with Crippen molar-refractivity contribution in [1.29, 1.82) is 0 Å². The van der Waals surface area contributed by atoms with E-state index in [2.05, 4.69) is 35.1 Å². The number of imidazole rings is 1. The van der Waals surface area contributed by atoms with Crippen molar-refractivity contribution in [3.63, 3.8) is 0 Å². The number of rotatable bonds is 7. The van der Waals surface area contributed by atoms with Gasteiger partial charge in [-0.2, -0.15) is 0 Å². The van der Waals surface area contributed by atoms with E-state index in [1.807, 2.05) is 0 Å². The second-order valence-corrected chi connectivity index (χ2v) is 11.3. The number of nitrogens with one attached hydrogen (secondary N) is 1. The van der Waals surface area contributed by atoms with Gasteiger partial charge < -0.3 is 25.9 Å². The monoisotopic (exact) mass is 314 g/mol. The lowest BCUT2D eigenvalue weighted by Crippen LogP contribution is -2.22. The van der Waals surface area contributed by atoms with Crippen molar-refractivity contribution >= 4 is 25.8 Å². The summed E-state index contributed by atoms with van der Waals surface area (Å²) in [5, 5.41) is 24.0. The average molecular weight is 314 g/mol. The third kappa shape index (κ3) is 5.43. The molecule has 21 heavy (non-hydrogen) atoms. The lowest BCUT2D eigenvalue weighted by Gasteiger charge is -2.16. The molecule has 118 valence electrons. The topological polar surface area (TPSA) is 138 Å². The van der Waals surface area contributed by atoms with Crippen molar-refractivity contribution in [2.75, 3.05) is 11.9 Å². The lowest BCUT2D eigenvalue weighted by atomic mass is 10.4. The van der Waals surface area contributed by atoms with E-state index in [1.54, 1.807) is 0 Å². The highest BCUT2D eigenvalue weighted by Crippen LogP contribution is 2.15. The number of aromatic nitrogens is 2. The first-order chi connectivity index (χ1) is 9.74. The summed E-state index contributed by atoms with van der Waals surface area (Å²) in [6.07, 6.45) is 0.0477. The van der Waals surface area contributed by atoms with Gasteiger partial charge in [-0.15, -0.1) is 0 Å². The quantitative estimate of drug-likeness (QED) is 0.229. The van der Waals surface area contributed by atoms with Crippen LogP contribution in [0, 0.1) is 5.21 Å². The van der Waals surface area contributed by atoms with Crippen molar-refractivity contribution in [2.24, 2.45) is 10.9 Å². The highest BCUT2D eigenvalue weighted by atomic mass is 28.3. The number of amidine groups is 1. The van der Waals surface area contributed by atoms with Crippen LogP contribution in [0.1, 0.15) is 5.69 Å². The van der Waals surface area contributed by atoms with Crippen molar-refractivity contribution in [3.05, 3.63) is 17.2 Å². The van der Waals surface area contributed by atoms with Crippen LogP contribution in [0.15, 0.2) is 11.5 Å². The Balaban J connectivity index is 2.77. The SMILES string of the molecule is C[Si](C)(C)CCOCn1cnc(/C(N)=N\[O-])c1NC(=O)O. The number of anilines is 1. The maximum atomic E-state index is 10.8. The molecule has 0 radical (unpaired) electrons. The Labute approximate surface area is 123 Å². The number of ether oxygens (including phenoxy) is 1. The molecule has 10 heteroatoms. The molecule has 0 fully saturated rings. The molecule has 1 aromatic rings. The fraction of sp³-hybridized carbons (Fsp3) is 0.545. The molecule has 4 N–H and O–H groups in total. The van der Waals surface area contributed by atoms with Crippen LogP contribution in [0.25, 0.3) is 0 Å². The zero-order valence-corrected chi connectivity index (χ0v) is 13.3. The van der Waals surface area contributed by atoms with Crippen LogP contribution < -0.4 is 11.1 Å². The molecule has 0 aliphatic rings. The molecular formula is C11H20N5O4Si-. The van der Waals surface area contributed by atoms with Crippen LogP contribution >= 0.6 is 0 Å². The Bertz CT molecular complexity index is 523. The van der Waals surface area contributed by atoms with Gasteiger partial charge >= 0.3 is 6.09 Å². The number of nitrogens with two attached hydrogens (primary N) is 1. The number of hydrogen-bond donors (Lipinski definition) is 3. The molecule has 0 atom stereocenters. The highest BCUT2D eigenvalue weighted by molar-refractivity contribution is 6.76. The lowest BCUT2D eigenvalue weighted by molar-refractivity contribution is 0.0883. The van der Waals surface area contributed by atoms with E-state index in [0.717, 1.165) is 6.04 Å². The Morgan fingerprint density at radius 1 is 1.62 bits per heavy atom. The molecular weight excluding hydrogens is 294 g/mol. The summed E-state index contributed by atoms with van der Waals surface area (Å²) in [7, 11) is -1.19. The van der Waals surface area contributed by atoms with Crippen LogP contribution in [0.5, 0.6) is 0 Å². The summed E-state index contributed by atoms with van der Waals surface area (Å²) < 4.78 is 6.93. The molecule has 0 saturated heterocycles. The van der Waals surface area contributed by atoms with Gasteiger partial charge in [-0.25, -0.2) is 9.78 Å². The maximum absolute atomic E-state index is 10.8. The minimum absolute atomic E-state index is 0.0128. The molecule has 9 nitrogen and oxygen atoms in total. The van der Waals surface area contributed by atoms with E-state index in [4.69, 9.17) is 15.6 Å². The number of hydrogen-bond acceptors (Lipinski definition) is 5. The second-order valence-electron chi connectivity index (χ2n) is 5.67. The third-order valence-corrected chi connectivity index (χ3v) is 4.33. The standard InChI is InChI=1S/C11H21N5O4Si/c1-21(2,3)5-4-20-7-16-6-13-8(9(12)15-19)10(16)14-11(17)18/h6,14,19H,4-5,7H2,1-3H3,(H2,12,15)(H,17,18)/p-1. The van der Waals surface area contributed by atoms with Crippen LogP contribution in [-0.4, -0.2) is 41.3 Å². The van der Waals surface area contributed by atoms with Gasteiger partial charge in [-0.3, -0.25) is 9.88 Å². The Morgan fingerprint density at radius 3 is 2.81 bits per heavy atom. The van der Waals surface area contributed by atoms with E-state index < -0.39 is 14.2 Å². The first-order valence-electron chi connectivity index (χ1n) is 6.33. The second kappa shape index (κ2) is 7.08. The molecule has 0 unspecified atom stereocenters. The minimum atomic E-state index is -1.29. The molecule has 0 bridgehead atoms. The van der Waals surface area contributed by atoms with E-state index >= 15 is 0 Å². The Hall–Kier alpha value is -2.07. The van der Waals surface area contributed by atoms with Crippen LogP contribution in [0.4, 0.5) is 10.6 Å². The maximum Gasteiger partial charge on any atom is 0.410 e. The molecule has 1 rings (SSSR count). The van der Waals surface area contributed by atoms with Crippen molar-refractivity contribution in [1.82, 2.24) is 9.55 Å². The molecule has 1 aromatic heterocycles. The molecule has 1 heterocycles. The zero-order valence-electron chi connectivity index (χ0n) is 12.3.